The number of imide groups is 1. The summed E-state index contributed by atoms with van der Waals surface area (Å²) >= 11 is 3.16. The van der Waals surface area contributed by atoms with Crippen LogP contribution in [-0.2, 0) is 17.6 Å². The maximum atomic E-state index is 12.5. The van der Waals surface area contributed by atoms with E-state index in [-0.39, 0.29) is 18.0 Å². The van der Waals surface area contributed by atoms with Crippen LogP contribution in [0.15, 0.2) is 11.4 Å². The summed E-state index contributed by atoms with van der Waals surface area (Å²) in [4.78, 5) is 36.0. The van der Waals surface area contributed by atoms with Crippen LogP contribution in [0.1, 0.15) is 62.3 Å². The van der Waals surface area contributed by atoms with Crippen molar-refractivity contribution >= 4 is 45.3 Å². The Hall–Kier alpha value is -1.67. The highest BCUT2D eigenvalue weighted by Gasteiger charge is 2.24. The third kappa shape index (κ3) is 4.33. The fraction of sp³-hybridized carbons (Fsp3) is 0.600. The van der Waals surface area contributed by atoms with E-state index in [2.05, 4.69) is 20.6 Å². The lowest BCUT2D eigenvalue weighted by Gasteiger charge is -2.23. The van der Waals surface area contributed by atoms with Crippen molar-refractivity contribution in [2.45, 2.75) is 81.0 Å². The van der Waals surface area contributed by atoms with Crippen LogP contribution >= 0.6 is 23.1 Å². The van der Waals surface area contributed by atoms with E-state index < -0.39 is 5.25 Å². The molecule has 0 aliphatic heterocycles. The number of urea groups is 1. The van der Waals surface area contributed by atoms with E-state index in [1.807, 2.05) is 6.92 Å². The molecular weight excluding hydrogens is 392 g/mol. The molecule has 2 N–H and O–H groups in total. The van der Waals surface area contributed by atoms with E-state index >= 15 is 0 Å². The van der Waals surface area contributed by atoms with Crippen LogP contribution in [0.3, 0.4) is 0 Å². The molecule has 0 aromatic carbocycles. The van der Waals surface area contributed by atoms with Gasteiger partial charge in [0.05, 0.1) is 5.25 Å². The van der Waals surface area contributed by atoms with Crippen molar-refractivity contribution in [3.8, 4) is 0 Å². The third-order valence-corrected chi connectivity index (χ3v) is 7.85. The zero-order valence-electron chi connectivity index (χ0n) is 16.1. The molecule has 6 nitrogen and oxygen atoms in total. The first kappa shape index (κ1) is 19.6. The Balaban J connectivity index is 1.41. The summed E-state index contributed by atoms with van der Waals surface area (Å²) in [5, 5.41) is 6.98. The number of aromatic nitrogens is 2. The van der Waals surface area contributed by atoms with Gasteiger partial charge in [0.2, 0.25) is 5.91 Å². The number of hydrogen-bond donors (Lipinski definition) is 2. The van der Waals surface area contributed by atoms with Gasteiger partial charge in [-0.1, -0.05) is 31.0 Å². The van der Waals surface area contributed by atoms with Crippen LogP contribution < -0.4 is 10.6 Å². The van der Waals surface area contributed by atoms with Gasteiger partial charge in [-0.3, -0.25) is 10.1 Å². The number of fused-ring (bicyclic) bond motifs is 3. The van der Waals surface area contributed by atoms with Crippen molar-refractivity contribution in [1.29, 1.82) is 0 Å². The molecule has 3 amide bonds. The van der Waals surface area contributed by atoms with Crippen molar-refractivity contribution in [2.75, 3.05) is 0 Å². The predicted molar refractivity (Wildman–Crippen MR) is 113 cm³/mol. The largest absolute Gasteiger partial charge is 0.335 e. The molecule has 0 saturated heterocycles. The number of rotatable bonds is 4. The first-order valence-electron chi connectivity index (χ1n) is 10.1. The lowest BCUT2D eigenvalue weighted by Crippen LogP contribution is -2.47. The SMILES string of the molecule is CC(Sc1ncnc2sc3c(c12)CCCC3)C(=O)NC(=O)NC1CCCCC1. The Morgan fingerprint density at radius 3 is 2.75 bits per heavy atom. The van der Waals surface area contributed by atoms with Crippen LogP contribution in [0.25, 0.3) is 10.2 Å². The molecule has 1 saturated carbocycles. The second-order valence-electron chi connectivity index (χ2n) is 7.63. The summed E-state index contributed by atoms with van der Waals surface area (Å²) < 4.78 is 0. The average Bonchev–Trinajstić information content (AvgIpc) is 3.08. The van der Waals surface area contributed by atoms with E-state index in [0.717, 1.165) is 53.8 Å². The monoisotopic (exact) mass is 418 g/mol. The number of thiophene rings is 1. The Kier molecular flexibility index (Phi) is 6.16. The molecule has 0 spiro atoms. The summed E-state index contributed by atoms with van der Waals surface area (Å²) in [5.41, 5.74) is 1.36. The number of carbonyl (C=O) groups excluding carboxylic acids is 2. The van der Waals surface area contributed by atoms with Crippen molar-refractivity contribution in [3.05, 3.63) is 16.8 Å². The number of thioether (sulfide) groups is 1. The zero-order chi connectivity index (χ0) is 19.5. The summed E-state index contributed by atoms with van der Waals surface area (Å²) in [7, 11) is 0. The van der Waals surface area contributed by atoms with Gasteiger partial charge in [-0.15, -0.1) is 11.3 Å². The van der Waals surface area contributed by atoms with Crippen LogP contribution in [0.4, 0.5) is 4.79 Å². The molecule has 2 aromatic rings. The van der Waals surface area contributed by atoms with Crippen LogP contribution in [0, 0.1) is 0 Å². The van der Waals surface area contributed by atoms with Crippen molar-refractivity contribution < 1.29 is 9.59 Å². The topological polar surface area (TPSA) is 84.0 Å². The molecule has 1 fully saturated rings. The van der Waals surface area contributed by atoms with E-state index in [9.17, 15) is 9.59 Å². The standard InChI is InChI=1S/C20H26N4O2S2/c1-12(17(25)24-20(26)23-13-7-3-2-4-8-13)27-18-16-14-9-5-6-10-15(14)28-19(16)22-11-21-18/h11-13H,2-10H2,1H3,(H2,23,24,25,26). The number of nitrogens with one attached hydrogen (secondary N) is 2. The molecular formula is C20H26N4O2S2. The Bertz CT molecular complexity index is 876. The van der Waals surface area contributed by atoms with Gasteiger partial charge in [-0.2, -0.15) is 0 Å². The van der Waals surface area contributed by atoms with Crippen LogP contribution in [0.5, 0.6) is 0 Å². The minimum Gasteiger partial charge on any atom is -0.335 e. The van der Waals surface area contributed by atoms with Gasteiger partial charge in [0, 0.05) is 16.3 Å². The molecule has 2 aliphatic rings. The lowest BCUT2D eigenvalue weighted by molar-refractivity contribution is -0.119. The van der Waals surface area contributed by atoms with Crippen molar-refractivity contribution in [3.63, 3.8) is 0 Å². The molecule has 0 bridgehead atoms. The van der Waals surface area contributed by atoms with Crippen LogP contribution in [-0.4, -0.2) is 33.2 Å². The van der Waals surface area contributed by atoms with Crippen LogP contribution in [0.2, 0.25) is 0 Å². The number of nitrogens with zero attached hydrogens (tertiary/aromatic N) is 2. The number of carbonyl (C=O) groups is 2. The highest BCUT2D eigenvalue weighted by molar-refractivity contribution is 8.00. The quantitative estimate of drug-likeness (QED) is 0.574. The van der Waals surface area contributed by atoms with Gasteiger partial charge in [-0.05, 0) is 51.0 Å². The average molecular weight is 419 g/mol. The Morgan fingerprint density at radius 1 is 1.14 bits per heavy atom. The molecule has 150 valence electrons. The van der Waals surface area contributed by atoms with E-state index in [1.165, 1.54) is 41.5 Å². The number of amides is 3. The van der Waals surface area contributed by atoms with Gasteiger partial charge >= 0.3 is 6.03 Å². The maximum Gasteiger partial charge on any atom is 0.321 e. The van der Waals surface area contributed by atoms with Crippen molar-refractivity contribution in [1.82, 2.24) is 20.6 Å². The minimum atomic E-state index is -0.408. The normalized spacial score (nSPS) is 18.5. The first-order chi connectivity index (χ1) is 13.6. The summed E-state index contributed by atoms with van der Waals surface area (Å²) in [6, 6.07) is -0.201. The van der Waals surface area contributed by atoms with Gasteiger partial charge in [0.25, 0.3) is 0 Å². The van der Waals surface area contributed by atoms with E-state index in [1.54, 1.807) is 17.7 Å². The number of hydrogen-bond acceptors (Lipinski definition) is 6. The summed E-state index contributed by atoms with van der Waals surface area (Å²) in [6.45, 7) is 1.82. The molecule has 2 heterocycles. The maximum absolute atomic E-state index is 12.5. The highest BCUT2D eigenvalue weighted by atomic mass is 32.2. The third-order valence-electron chi connectivity index (χ3n) is 5.55. The molecule has 2 aromatic heterocycles. The first-order valence-corrected chi connectivity index (χ1v) is 11.8. The van der Waals surface area contributed by atoms with Gasteiger partial charge in [0.15, 0.2) is 0 Å². The fourth-order valence-corrected chi connectivity index (χ4v) is 6.29. The molecule has 1 atom stereocenters. The second kappa shape index (κ2) is 8.78. The highest BCUT2D eigenvalue weighted by Crippen LogP contribution is 2.40. The Morgan fingerprint density at radius 2 is 1.93 bits per heavy atom. The van der Waals surface area contributed by atoms with Gasteiger partial charge < -0.3 is 5.32 Å². The second-order valence-corrected chi connectivity index (χ2v) is 10.0. The van der Waals surface area contributed by atoms with Gasteiger partial charge in [-0.25, -0.2) is 14.8 Å². The molecule has 0 radical (unpaired) electrons. The molecule has 28 heavy (non-hydrogen) atoms. The minimum absolute atomic E-state index is 0.184. The fourth-order valence-electron chi connectivity index (χ4n) is 4.05. The van der Waals surface area contributed by atoms with Gasteiger partial charge in [0.1, 0.15) is 16.2 Å². The smallest absolute Gasteiger partial charge is 0.321 e. The van der Waals surface area contributed by atoms with Crippen molar-refractivity contribution in [2.24, 2.45) is 0 Å². The number of aryl methyl sites for hydroxylation is 2. The molecule has 4 rings (SSSR count). The Labute approximate surface area is 173 Å². The van der Waals surface area contributed by atoms with E-state index in [0.29, 0.717) is 0 Å². The zero-order valence-corrected chi connectivity index (χ0v) is 17.8. The molecule has 1 unspecified atom stereocenters. The van der Waals surface area contributed by atoms with E-state index in [4.69, 9.17) is 0 Å². The predicted octanol–water partition coefficient (Wildman–Crippen LogP) is 4.21. The summed E-state index contributed by atoms with van der Waals surface area (Å²) in [6.07, 6.45) is 11.7. The molecule has 2 aliphatic carbocycles. The molecule has 8 heteroatoms. The summed E-state index contributed by atoms with van der Waals surface area (Å²) in [5.74, 6) is -0.283. The lowest BCUT2D eigenvalue weighted by atomic mass is 9.96.